The van der Waals surface area contributed by atoms with Gasteiger partial charge in [-0.2, -0.15) is 0 Å². The predicted molar refractivity (Wildman–Crippen MR) is 85.4 cm³/mol. The fourth-order valence-electron chi connectivity index (χ4n) is 1.79. The van der Waals surface area contributed by atoms with Crippen molar-refractivity contribution in [3.63, 3.8) is 0 Å². The second-order valence-electron chi connectivity index (χ2n) is 5.41. The quantitative estimate of drug-likeness (QED) is 0.859. The lowest BCUT2D eigenvalue weighted by atomic mass is 10.1. The van der Waals surface area contributed by atoms with Crippen LogP contribution in [0, 0.1) is 5.92 Å². The summed E-state index contributed by atoms with van der Waals surface area (Å²) in [6.07, 6.45) is 1.68. The van der Waals surface area contributed by atoms with Gasteiger partial charge < -0.3 is 15.8 Å². The van der Waals surface area contributed by atoms with Crippen molar-refractivity contribution < 1.29 is 9.53 Å². The zero-order chi connectivity index (χ0) is 15.9. The number of para-hydroxylation sites is 1. The maximum absolute atomic E-state index is 11.8. The number of amides is 1. The molecule has 1 aromatic carbocycles. The SMILES string of the molecule is CC(C)[C@H](N)C(=O)NCc1ccc(Oc2ccccc2)nc1. The molecule has 1 aromatic heterocycles. The van der Waals surface area contributed by atoms with E-state index in [0.29, 0.717) is 12.4 Å². The van der Waals surface area contributed by atoms with Crippen molar-refractivity contribution in [2.24, 2.45) is 11.7 Å². The minimum atomic E-state index is -0.492. The predicted octanol–water partition coefficient (Wildman–Crippen LogP) is 2.47. The summed E-state index contributed by atoms with van der Waals surface area (Å²) in [5, 5.41) is 2.80. The third-order valence-electron chi connectivity index (χ3n) is 3.25. The van der Waals surface area contributed by atoms with Crippen LogP contribution in [0.3, 0.4) is 0 Å². The van der Waals surface area contributed by atoms with Gasteiger partial charge in [0.1, 0.15) is 5.75 Å². The molecule has 0 aliphatic carbocycles. The number of ether oxygens (including phenoxy) is 1. The molecule has 3 N–H and O–H groups in total. The summed E-state index contributed by atoms with van der Waals surface area (Å²) in [7, 11) is 0. The van der Waals surface area contributed by atoms with Gasteiger partial charge in [0.15, 0.2) is 0 Å². The molecule has 0 unspecified atom stereocenters. The Balaban J connectivity index is 1.88. The second-order valence-corrected chi connectivity index (χ2v) is 5.41. The van der Waals surface area contributed by atoms with E-state index >= 15 is 0 Å². The molecule has 0 aliphatic heterocycles. The van der Waals surface area contributed by atoms with Crippen molar-refractivity contribution in [3.8, 4) is 11.6 Å². The maximum atomic E-state index is 11.8. The first kappa shape index (κ1) is 16.0. The molecule has 5 nitrogen and oxygen atoms in total. The Morgan fingerprint density at radius 2 is 1.95 bits per heavy atom. The summed E-state index contributed by atoms with van der Waals surface area (Å²) < 4.78 is 5.61. The summed E-state index contributed by atoms with van der Waals surface area (Å²) >= 11 is 0. The number of pyridine rings is 1. The van der Waals surface area contributed by atoms with Gasteiger partial charge in [-0.3, -0.25) is 4.79 Å². The third kappa shape index (κ3) is 4.56. The van der Waals surface area contributed by atoms with Crippen molar-refractivity contribution in [1.29, 1.82) is 0 Å². The van der Waals surface area contributed by atoms with Crippen molar-refractivity contribution in [3.05, 3.63) is 54.2 Å². The zero-order valence-corrected chi connectivity index (χ0v) is 12.8. The molecule has 2 aromatic rings. The van der Waals surface area contributed by atoms with Gasteiger partial charge in [-0.25, -0.2) is 4.98 Å². The van der Waals surface area contributed by atoms with Crippen molar-refractivity contribution in [1.82, 2.24) is 10.3 Å². The lowest BCUT2D eigenvalue weighted by Gasteiger charge is -2.15. The van der Waals surface area contributed by atoms with Gasteiger partial charge in [-0.1, -0.05) is 38.1 Å². The van der Waals surface area contributed by atoms with Gasteiger partial charge in [-0.15, -0.1) is 0 Å². The Bertz CT molecular complexity index is 597. The highest BCUT2D eigenvalue weighted by Crippen LogP contribution is 2.18. The third-order valence-corrected chi connectivity index (χ3v) is 3.25. The highest BCUT2D eigenvalue weighted by Gasteiger charge is 2.16. The van der Waals surface area contributed by atoms with Crippen molar-refractivity contribution >= 4 is 5.91 Å². The Morgan fingerprint density at radius 3 is 2.55 bits per heavy atom. The Hall–Kier alpha value is -2.40. The maximum Gasteiger partial charge on any atom is 0.237 e. The first-order valence-electron chi connectivity index (χ1n) is 7.27. The van der Waals surface area contributed by atoms with Crippen molar-refractivity contribution in [2.45, 2.75) is 26.4 Å². The lowest BCUT2D eigenvalue weighted by Crippen LogP contribution is -2.43. The highest BCUT2D eigenvalue weighted by atomic mass is 16.5. The van der Waals surface area contributed by atoms with Gasteiger partial charge in [0, 0.05) is 18.8 Å². The van der Waals surface area contributed by atoms with E-state index in [9.17, 15) is 4.79 Å². The fraction of sp³-hybridized carbons (Fsp3) is 0.294. The van der Waals surface area contributed by atoms with E-state index in [1.165, 1.54) is 0 Å². The minimum absolute atomic E-state index is 0.111. The van der Waals surface area contributed by atoms with Crippen LogP contribution in [0.5, 0.6) is 11.6 Å². The Labute approximate surface area is 130 Å². The minimum Gasteiger partial charge on any atom is -0.439 e. The van der Waals surface area contributed by atoms with Gasteiger partial charge in [-0.05, 0) is 23.6 Å². The lowest BCUT2D eigenvalue weighted by molar-refractivity contribution is -0.123. The number of rotatable bonds is 6. The highest BCUT2D eigenvalue weighted by molar-refractivity contribution is 5.81. The molecular formula is C17H21N3O2. The second kappa shape index (κ2) is 7.56. The van der Waals surface area contributed by atoms with Crippen LogP contribution in [0.25, 0.3) is 0 Å². The van der Waals surface area contributed by atoms with E-state index in [2.05, 4.69) is 10.3 Å². The number of hydrogen-bond acceptors (Lipinski definition) is 4. The van der Waals surface area contributed by atoms with Crippen LogP contribution < -0.4 is 15.8 Å². The molecule has 0 bridgehead atoms. The normalized spacial score (nSPS) is 12.0. The van der Waals surface area contributed by atoms with E-state index in [0.717, 1.165) is 11.3 Å². The molecule has 1 atom stereocenters. The number of nitrogens with two attached hydrogens (primary N) is 1. The molecular weight excluding hydrogens is 278 g/mol. The van der Waals surface area contributed by atoms with E-state index in [-0.39, 0.29) is 11.8 Å². The largest absolute Gasteiger partial charge is 0.439 e. The summed E-state index contributed by atoms with van der Waals surface area (Å²) in [5.41, 5.74) is 6.68. The summed E-state index contributed by atoms with van der Waals surface area (Å²) in [4.78, 5) is 16.0. The molecule has 0 radical (unpaired) electrons. The van der Waals surface area contributed by atoms with E-state index in [4.69, 9.17) is 10.5 Å². The average Bonchev–Trinajstić information content (AvgIpc) is 2.54. The fourth-order valence-corrected chi connectivity index (χ4v) is 1.79. The van der Waals surface area contributed by atoms with E-state index < -0.39 is 6.04 Å². The molecule has 116 valence electrons. The number of carbonyl (C=O) groups is 1. The van der Waals surface area contributed by atoms with Crippen LogP contribution in [-0.2, 0) is 11.3 Å². The van der Waals surface area contributed by atoms with Crippen molar-refractivity contribution in [2.75, 3.05) is 0 Å². The molecule has 0 fully saturated rings. The molecule has 0 saturated carbocycles. The molecule has 0 aliphatic rings. The summed E-state index contributed by atoms with van der Waals surface area (Å²) in [6.45, 7) is 4.24. The molecule has 1 heterocycles. The molecule has 2 rings (SSSR count). The molecule has 0 saturated heterocycles. The van der Waals surface area contributed by atoms with Crippen LogP contribution in [0.4, 0.5) is 0 Å². The van der Waals surface area contributed by atoms with Gasteiger partial charge in [0.2, 0.25) is 11.8 Å². The van der Waals surface area contributed by atoms with Crippen LogP contribution in [0.15, 0.2) is 48.7 Å². The summed E-state index contributed by atoms with van der Waals surface area (Å²) in [6, 6.07) is 12.6. The number of carbonyl (C=O) groups excluding carboxylic acids is 1. The number of benzene rings is 1. The molecule has 1 amide bonds. The van der Waals surface area contributed by atoms with Gasteiger partial charge >= 0.3 is 0 Å². The van der Waals surface area contributed by atoms with Gasteiger partial charge in [0.05, 0.1) is 6.04 Å². The van der Waals surface area contributed by atoms with Crippen LogP contribution >= 0.6 is 0 Å². The Morgan fingerprint density at radius 1 is 1.23 bits per heavy atom. The van der Waals surface area contributed by atoms with Crippen LogP contribution in [-0.4, -0.2) is 16.9 Å². The van der Waals surface area contributed by atoms with E-state index in [1.807, 2.05) is 50.2 Å². The monoisotopic (exact) mass is 299 g/mol. The van der Waals surface area contributed by atoms with E-state index in [1.54, 1.807) is 12.3 Å². The average molecular weight is 299 g/mol. The molecule has 0 spiro atoms. The van der Waals surface area contributed by atoms with Crippen LogP contribution in [0.2, 0.25) is 0 Å². The topological polar surface area (TPSA) is 77.2 Å². The number of nitrogens with zero attached hydrogens (tertiary/aromatic N) is 1. The van der Waals surface area contributed by atoms with Crippen LogP contribution in [0.1, 0.15) is 19.4 Å². The first-order chi connectivity index (χ1) is 10.6. The van der Waals surface area contributed by atoms with Gasteiger partial charge in [0.25, 0.3) is 0 Å². The first-order valence-corrected chi connectivity index (χ1v) is 7.27. The standard InChI is InChI=1S/C17H21N3O2/c1-12(2)16(18)17(21)20-11-13-8-9-15(19-10-13)22-14-6-4-3-5-7-14/h3-10,12,16H,11,18H2,1-2H3,(H,20,21)/t16-/m0/s1. The number of hydrogen-bond donors (Lipinski definition) is 2. The number of aromatic nitrogens is 1. The molecule has 22 heavy (non-hydrogen) atoms. The number of nitrogens with one attached hydrogen (secondary N) is 1. The molecule has 5 heteroatoms. The smallest absolute Gasteiger partial charge is 0.237 e. The zero-order valence-electron chi connectivity index (χ0n) is 12.8. The Kier molecular flexibility index (Phi) is 5.49. The summed E-state index contributed by atoms with van der Waals surface area (Å²) in [5.74, 6) is 1.21.